The van der Waals surface area contributed by atoms with Gasteiger partial charge < -0.3 is 4.42 Å². The Morgan fingerprint density at radius 2 is 1.90 bits per heavy atom. The van der Waals surface area contributed by atoms with Gasteiger partial charge in [-0.15, -0.1) is 0 Å². The molecule has 3 nitrogen and oxygen atoms in total. The molecule has 0 bridgehead atoms. The third-order valence-electron chi connectivity index (χ3n) is 3.48. The van der Waals surface area contributed by atoms with Crippen molar-refractivity contribution in [3.63, 3.8) is 0 Å². The molecule has 0 aliphatic carbocycles. The molecule has 0 aliphatic rings. The molecular weight excluding hydrogens is 262 g/mol. The molecule has 0 atom stereocenters. The topological polar surface area (TPSA) is 54.0 Å². The third kappa shape index (κ3) is 2.32. The molecule has 0 saturated carbocycles. The van der Waals surface area contributed by atoms with Crippen LogP contribution in [0.5, 0.6) is 0 Å². The summed E-state index contributed by atoms with van der Waals surface area (Å²) in [6.07, 6.45) is 0.0381. The maximum atomic E-state index is 12.2. The van der Waals surface area contributed by atoms with E-state index >= 15 is 0 Å². The van der Waals surface area contributed by atoms with Crippen molar-refractivity contribution >= 4 is 11.0 Å². The predicted molar refractivity (Wildman–Crippen MR) is 82.0 cm³/mol. The van der Waals surface area contributed by atoms with Crippen LogP contribution in [0.1, 0.15) is 11.1 Å². The molecule has 1 aromatic heterocycles. The first-order chi connectivity index (χ1) is 10.2. The van der Waals surface area contributed by atoms with Crippen LogP contribution in [0, 0.1) is 18.3 Å². The second-order valence-corrected chi connectivity index (χ2v) is 4.94. The van der Waals surface area contributed by atoms with Gasteiger partial charge in [0.15, 0.2) is 0 Å². The van der Waals surface area contributed by atoms with Gasteiger partial charge >= 0.3 is 5.63 Å². The van der Waals surface area contributed by atoms with Crippen molar-refractivity contribution < 1.29 is 4.42 Å². The first-order valence-corrected chi connectivity index (χ1v) is 6.69. The standard InChI is InChI=1S/C18H13NO2/c1-12-7-8-14-16(11-12)21-18(20)15(9-10-19)17(14)13-5-3-2-4-6-13/h2-8,11H,9H2,1H3. The van der Waals surface area contributed by atoms with Crippen LogP contribution in [-0.2, 0) is 6.42 Å². The summed E-state index contributed by atoms with van der Waals surface area (Å²) >= 11 is 0. The van der Waals surface area contributed by atoms with Crippen molar-refractivity contribution in [2.75, 3.05) is 0 Å². The summed E-state index contributed by atoms with van der Waals surface area (Å²) in [4.78, 5) is 12.2. The number of aryl methyl sites for hydroxylation is 1. The van der Waals surface area contributed by atoms with Crippen molar-refractivity contribution in [3.05, 3.63) is 70.1 Å². The lowest BCUT2D eigenvalue weighted by Crippen LogP contribution is -2.09. The van der Waals surface area contributed by atoms with Gasteiger partial charge in [0.25, 0.3) is 0 Å². The Hall–Kier alpha value is -2.86. The summed E-state index contributed by atoms with van der Waals surface area (Å²) in [7, 11) is 0. The first kappa shape index (κ1) is 13.1. The number of nitrogens with zero attached hydrogens (tertiary/aromatic N) is 1. The van der Waals surface area contributed by atoms with Gasteiger partial charge in [-0.05, 0) is 24.1 Å². The van der Waals surface area contributed by atoms with E-state index in [-0.39, 0.29) is 6.42 Å². The Bertz CT molecular complexity index is 902. The molecule has 0 fully saturated rings. The lowest BCUT2D eigenvalue weighted by Gasteiger charge is -2.10. The SMILES string of the molecule is Cc1ccc2c(-c3ccccc3)c(CC#N)c(=O)oc2c1. The summed E-state index contributed by atoms with van der Waals surface area (Å²) in [5.41, 5.74) is 3.28. The molecule has 0 amide bonds. The molecule has 0 radical (unpaired) electrons. The van der Waals surface area contributed by atoms with E-state index < -0.39 is 5.63 Å². The maximum absolute atomic E-state index is 12.2. The minimum atomic E-state index is -0.437. The zero-order valence-corrected chi connectivity index (χ0v) is 11.6. The van der Waals surface area contributed by atoms with Crippen LogP contribution in [0.2, 0.25) is 0 Å². The Labute approximate surface area is 122 Å². The molecule has 1 heterocycles. The van der Waals surface area contributed by atoms with Crippen molar-refractivity contribution in [2.45, 2.75) is 13.3 Å². The zero-order chi connectivity index (χ0) is 14.8. The van der Waals surface area contributed by atoms with Gasteiger partial charge in [-0.2, -0.15) is 5.26 Å². The van der Waals surface area contributed by atoms with Crippen LogP contribution in [0.15, 0.2) is 57.7 Å². The smallest absolute Gasteiger partial charge is 0.341 e. The molecule has 2 aromatic carbocycles. The summed E-state index contributed by atoms with van der Waals surface area (Å²) in [5.74, 6) is 0. The average Bonchev–Trinajstić information content (AvgIpc) is 2.49. The van der Waals surface area contributed by atoms with E-state index in [1.165, 1.54) is 0 Å². The quantitative estimate of drug-likeness (QED) is 0.668. The van der Waals surface area contributed by atoms with E-state index in [0.29, 0.717) is 11.1 Å². The van der Waals surface area contributed by atoms with E-state index in [1.54, 1.807) is 0 Å². The highest BCUT2D eigenvalue weighted by Crippen LogP contribution is 2.31. The third-order valence-corrected chi connectivity index (χ3v) is 3.48. The highest BCUT2D eigenvalue weighted by Gasteiger charge is 2.15. The fraction of sp³-hybridized carbons (Fsp3) is 0.111. The molecule has 0 saturated heterocycles. The summed E-state index contributed by atoms with van der Waals surface area (Å²) in [5, 5.41) is 9.86. The number of fused-ring (bicyclic) bond motifs is 1. The summed E-state index contributed by atoms with van der Waals surface area (Å²) in [6, 6.07) is 17.5. The van der Waals surface area contributed by atoms with Crippen molar-refractivity contribution in [3.8, 4) is 17.2 Å². The number of benzene rings is 2. The largest absolute Gasteiger partial charge is 0.422 e. The lowest BCUT2D eigenvalue weighted by molar-refractivity contribution is 0.553. The Kier molecular flexibility index (Phi) is 3.29. The van der Waals surface area contributed by atoms with Gasteiger partial charge in [-0.1, -0.05) is 42.5 Å². The van der Waals surface area contributed by atoms with E-state index in [0.717, 1.165) is 22.1 Å². The number of nitriles is 1. The highest BCUT2D eigenvalue weighted by molar-refractivity contribution is 5.95. The van der Waals surface area contributed by atoms with Gasteiger partial charge in [0.05, 0.1) is 18.1 Å². The van der Waals surface area contributed by atoms with E-state index in [1.807, 2.05) is 55.5 Å². The molecule has 21 heavy (non-hydrogen) atoms. The molecular formula is C18H13NO2. The maximum Gasteiger partial charge on any atom is 0.341 e. The Balaban J connectivity index is 2.46. The van der Waals surface area contributed by atoms with Crippen LogP contribution in [0.4, 0.5) is 0 Å². The first-order valence-electron chi connectivity index (χ1n) is 6.69. The van der Waals surface area contributed by atoms with E-state index in [2.05, 4.69) is 6.07 Å². The van der Waals surface area contributed by atoms with Crippen LogP contribution in [-0.4, -0.2) is 0 Å². The van der Waals surface area contributed by atoms with Crippen molar-refractivity contribution in [1.82, 2.24) is 0 Å². The van der Waals surface area contributed by atoms with Gasteiger partial charge in [0.1, 0.15) is 5.58 Å². The average molecular weight is 275 g/mol. The minimum absolute atomic E-state index is 0.0381. The Morgan fingerprint density at radius 3 is 2.62 bits per heavy atom. The van der Waals surface area contributed by atoms with E-state index in [4.69, 9.17) is 9.68 Å². The fourth-order valence-corrected chi connectivity index (χ4v) is 2.52. The predicted octanol–water partition coefficient (Wildman–Crippen LogP) is 3.83. The van der Waals surface area contributed by atoms with Crippen LogP contribution >= 0.6 is 0 Å². The van der Waals surface area contributed by atoms with Gasteiger partial charge in [-0.25, -0.2) is 4.79 Å². The molecule has 3 heteroatoms. The Morgan fingerprint density at radius 1 is 1.14 bits per heavy atom. The lowest BCUT2D eigenvalue weighted by atomic mass is 9.95. The molecule has 3 aromatic rings. The van der Waals surface area contributed by atoms with Gasteiger partial charge in [0.2, 0.25) is 0 Å². The second kappa shape index (κ2) is 5.26. The van der Waals surface area contributed by atoms with Crippen LogP contribution in [0.3, 0.4) is 0 Å². The molecule has 0 unspecified atom stereocenters. The minimum Gasteiger partial charge on any atom is -0.422 e. The fourth-order valence-electron chi connectivity index (χ4n) is 2.52. The molecule has 3 rings (SSSR count). The summed E-state index contributed by atoms with van der Waals surface area (Å²) in [6.45, 7) is 1.95. The zero-order valence-electron chi connectivity index (χ0n) is 11.6. The van der Waals surface area contributed by atoms with Crippen molar-refractivity contribution in [1.29, 1.82) is 5.26 Å². The second-order valence-electron chi connectivity index (χ2n) is 4.94. The molecule has 0 N–H and O–H groups in total. The van der Waals surface area contributed by atoms with Gasteiger partial charge in [0, 0.05) is 10.9 Å². The van der Waals surface area contributed by atoms with Gasteiger partial charge in [-0.3, -0.25) is 0 Å². The molecule has 0 spiro atoms. The van der Waals surface area contributed by atoms with E-state index in [9.17, 15) is 4.79 Å². The molecule has 102 valence electrons. The van der Waals surface area contributed by atoms with Crippen LogP contribution in [0.25, 0.3) is 22.1 Å². The number of rotatable bonds is 2. The monoisotopic (exact) mass is 275 g/mol. The number of hydrogen-bond acceptors (Lipinski definition) is 3. The highest BCUT2D eigenvalue weighted by atomic mass is 16.4. The number of hydrogen-bond donors (Lipinski definition) is 0. The van der Waals surface area contributed by atoms with Crippen LogP contribution < -0.4 is 5.63 Å². The van der Waals surface area contributed by atoms with Crippen molar-refractivity contribution in [2.24, 2.45) is 0 Å². The summed E-state index contributed by atoms with van der Waals surface area (Å²) < 4.78 is 5.38. The normalized spacial score (nSPS) is 10.5. The molecule has 0 aliphatic heterocycles.